The van der Waals surface area contributed by atoms with Crippen molar-refractivity contribution in [1.29, 1.82) is 0 Å². The Morgan fingerprint density at radius 1 is 1.00 bits per heavy atom. The number of hydrogen-bond donors (Lipinski definition) is 0. The van der Waals surface area contributed by atoms with Crippen LogP contribution in [-0.2, 0) is 20.8 Å². The predicted molar refractivity (Wildman–Crippen MR) is 118 cm³/mol. The molecular weight excluding hydrogens is 412 g/mol. The van der Waals surface area contributed by atoms with Crippen LogP contribution in [0.15, 0.2) is 54.7 Å². The van der Waals surface area contributed by atoms with Crippen molar-refractivity contribution in [2.45, 2.75) is 13.5 Å². The van der Waals surface area contributed by atoms with Crippen LogP contribution < -0.4 is 9.47 Å². The lowest BCUT2D eigenvalue weighted by molar-refractivity contribution is -0.00841. The van der Waals surface area contributed by atoms with Crippen molar-refractivity contribution < 1.29 is 28.5 Å². The summed E-state index contributed by atoms with van der Waals surface area (Å²) in [6, 6.07) is 14.8. The van der Waals surface area contributed by atoms with Crippen molar-refractivity contribution in [2.24, 2.45) is 0 Å². The number of methoxy groups -OCH3 is 2. The number of carbonyl (C=O) groups excluding carboxylic acids is 1. The molecule has 0 radical (unpaired) electrons. The van der Waals surface area contributed by atoms with Gasteiger partial charge in [-0.1, -0.05) is 30.3 Å². The van der Waals surface area contributed by atoms with Gasteiger partial charge in [-0.2, -0.15) is 0 Å². The van der Waals surface area contributed by atoms with Gasteiger partial charge in [0.2, 0.25) is 5.88 Å². The second-order valence-electron chi connectivity index (χ2n) is 6.83. The lowest BCUT2D eigenvalue weighted by atomic mass is 10.1. The normalized spacial score (nSPS) is 10.6. The van der Waals surface area contributed by atoms with Gasteiger partial charge in [0.1, 0.15) is 6.61 Å². The molecule has 0 amide bonds. The van der Waals surface area contributed by atoms with E-state index < -0.39 is 5.97 Å². The molecule has 0 bridgehead atoms. The molecule has 0 aliphatic heterocycles. The first-order chi connectivity index (χ1) is 15.6. The van der Waals surface area contributed by atoms with Crippen molar-refractivity contribution in [1.82, 2.24) is 9.97 Å². The molecule has 168 valence electrons. The molecule has 1 aromatic carbocycles. The number of nitrogens with zero attached hydrogens (tertiary/aromatic N) is 2. The second-order valence-corrected chi connectivity index (χ2v) is 6.83. The van der Waals surface area contributed by atoms with Gasteiger partial charge in [0.05, 0.1) is 37.8 Å². The molecule has 3 rings (SSSR count). The Kier molecular flexibility index (Phi) is 8.53. The summed E-state index contributed by atoms with van der Waals surface area (Å²) in [6.45, 7) is 3.04. The first-order valence-corrected chi connectivity index (χ1v) is 10.0. The quantitative estimate of drug-likeness (QED) is 0.254. The number of ether oxygens (including phenoxy) is 5. The van der Waals surface area contributed by atoms with Gasteiger partial charge >= 0.3 is 5.97 Å². The van der Waals surface area contributed by atoms with Crippen LogP contribution in [0, 0.1) is 6.92 Å². The third-order valence-corrected chi connectivity index (χ3v) is 4.45. The van der Waals surface area contributed by atoms with Crippen LogP contribution in [-0.4, -0.2) is 50.2 Å². The van der Waals surface area contributed by atoms with Crippen molar-refractivity contribution in [2.75, 3.05) is 34.2 Å². The SMILES string of the molecule is COCCOCOc1cnc(OCc2ccccc2)cc1-c1cc(C(=O)OC)cc(C)n1. The molecule has 0 saturated carbocycles. The maximum Gasteiger partial charge on any atom is 0.337 e. The smallest absolute Gasteiger partial charge is 0.337 e. The molecule has 0 atom stereocenters. The number of aromatic nitrogens is 2. The maximum absolute atomic E-state index is 12.1. The lowest BCUT2D eigenvalue weighted by Crippen LogP contribution is -2.09. The molecule has 32 heavy (non-hydrogen) atoms. The van der Waals surface area contributed by atoms with E-state index in [2.05, 4.69) is 9.97 Å². The minimum absolute atomic E-state index is 0.0118. The molecule has 2 heterocycles. The summed E-state index contributed by atoms with van der Waals surface area (Å²) in [4.78, 5) is 21.0. The van der Waals surface area contributed by atoms with Crippen LogP contribution in [0.3, 0.4) is 0 Å². The minimum Gasteiger partial charge on any atom is -0.473 e. The summed E-state index contributed by atoms with van der Waals surface area (Å²) in [5, 5.41) is 0. The fourth-order valence-corrected chi connectivity index (χ4v) is 2.90. The summed E-state index contributed by atoms with van der Waals surface area (Å²) < 4.78 is 26.9. The number of esters is 1. The molecule has 0 N–H and O–H groups in total. The van der Waals surface area contributed by atoms with Crippen LogP contribution in [0.2, 0.25) is 0 Å². The first-order valence-electron chi connectivity index (χ1n) is 10.0. The number of aryl methyl sites for hydroxylation is 1. The average molecular weight is 438 g/mol. The number of hydrogen-bond acceptors (Lipinski definition) is 8. The summed E-state index contributed by atoms with van der Waals surface area (Å²) >= 11 is 0. The topological polar surface area (TPSA) is 89.0 Å². The fourth-order valence-electron chi connectivity index (χ4n) is 2.90. The van der Waals surface area contributed by atoms with Gasteiger partial charge < -0.3 is 23.7 Å². The molecule has 3 aromatic rings. The monoisotopic (exact) mass is 438 g/mol. The highest BCUT2D eigenvalue weighted by Crippen LogP contribution is 2.32. The van der Waals surface area contributed by atoms with E-state index in [-0.39, 0.29) is 6.79 Å². The van der Waals surface area contributed by atoms with Crippen LogP contribution in [0.25, 0.3) is 11.3 Å². The van der Waals surface area contributed by atoms with E-state index in [9.17, 15) is 4.79 Å². The Hall–Kier alpha value is -3.49. The zero-order valence-corrected chi connectivity index (χ0v) is 18.4. The third kappa shape index (κ3) is 6.50. The van der Waals surface area contributed by atoms with Crippen molar-refractivity contribution in [3.05, 3.63) is 71.5 Å². The van der Waals surface area contributed by atoms with E-state index in [0.717, 1.165) is 5.56 Å². The molecule has 0 saturated heterocycles. The molecule has 0 aliphatic rings. The van der Waals surface area contributed by atoms with Crippen LogP contribution >= 0.6 is 0 Å². The molecular formula is C24H26N2O6. The fraction of sp³-hybridized carbons (Fsp3) is 0.292. The minimum atomic E-state index is -0.447. The van der Waals surface area contributed by atoms with Gasteiger partial charge in [-0.25, -0.2) is 9.78 Å². The van der Waals surface area contributed by atoms with E-state index in [1.165, 1.54) is 7.11 Å². The predicted octanol–water partition coefficient (Wildman–Crippen LogP) is 3.82. The van der Waals surface area contributed by atoms with E-state index in [1.807, 2.05) is 30.3 Å². The average Bonchev–Trinajstić information content (AvgIpc) is 2.82. The van der Waals surface area contributed by atoms with Crippen molar-refractivity contribution in [3.8, 4) is 22.9 Å². The largest absolute Gasteiger partial charge is 0.473 e. The van der Waals surface area contributed by atoms with E-state index in [0.29, 0.717) is 54.0 Å². The van der Waals surface area contributed by atoms with E-state index in [1.54, 1.807) is 38.4 Å². The zero-order valence-electron chi connectivity index (χ0n) is 18.4. The van der Waals surface area contributed by atoms with Gasteiger partial charge in [0.15, 0.2) is 12.5 Å². The van der Waals surface area contributed by atoms with Gasteiger partial charge in [-0.15, -0.1) is 0 Å². The first kappa shape index (κ1) is 23.2. The molecule has 2 aromatic heterocycles. The maximum atomic E-state index is 12.1. The van der Waals surface area contributed by atoms with Gasteiger partial charge in [0.25, 0.3) is 0 Å². The van der Waals surface area contributed by atoms with E-state index >= 15 is 0 Å². The second kappa shape index (κ2) is 11.8. The van der Waals surface area contributed by atoms with Crippen molar-refractivity contribution in [3.63, 3.8) is 0 Å². The van der Waals surface area contributed by atoms with Gasteiger partial charge in [-0.05, 0) is 24.6 Å². The highest BCUT2D eigenvalue weighted by molar-refractivity contribution is 5.91. The highest BCUT2D eigenvalue weighted by atomic mass is 16.7. The Labute approximate surface area is 187 Å². The Morgan fingerprint density at radius 3 is 2.56 bits per heavy atom. The molecule has 8 heteroatoms. The number of rotatable bonds is 11. The number of benzene rings is 1. The summed E-state index contributed by atoms with van der Waals surface area (Å²) in [5.74, 6) is 0.402. The van der Waals surface area contributed by atoms with Gasteiger partial charge in [-0.3, -0.25) is 4.98 Å². The summed E-state index contributed by atoms with van der Waals surface area (Å²) in [5.41, 5.74) is 3.22. The molecule has 0 spiro atoms. The summed E-state index contributed by atoms with van der Waals surface area (Å²) in [6.07, 6.45) is 1.55. The van der Waals surface area contributed by atoms with Crippen LogP contribution in [0.4, 0.5) is 0 Å². The summed E-state index contributed by atoms with van der Waals surface area (Å²) in [7, 11) is 2.94. The lowest BCUT2D eigenvalue weighted by Gasteiger charge is -2.14. The number of pyridine rings is 2. The molecule has 0 fully saturated rings. The standard InChI is InChI=1S/C24H26N2O6/c1-17-11-19(24(27)29-3)12-21(26-17)20-13-23(31-15-18-7-5-4-6-8-18)25-14-22(20)32-16-30-10-9-28-2/h4-8,11-14H,9-10,15-16H2,1-3H3. The molecule has 0 unspecified atom stereocenters. The zero-order chi connectivity index (χ0) is 22.8. The Morgan fingerprint density at radius 2 is 1.81 bits per heavy atom. The number of carbonyl (C=O) groups is 1. The molecule has 8 nitrogen and oxygen atoms in total. The highest BCUT2D eigenvalue weighted by Gasteiger charge is 2.16. The Balaban J connectivity index is 1.88. The third-order valence-electron chi connectivity index (χ3n) is 4.45. The van der Waals surface area contributed by atoms with Gasteiger partial charge in [0, 0.05) is 24.4 Å². The molecule has 0 aliphatic carbocycles. The van der Waals surface area contributed by atoms with Crippen LogP contribution in [0.1, 0.15) is 21.6 Å². The van der Waals surface area contributed by atoms with Crippen LogP contribution in [0.5, 0.6) is 11.6 Å². The van der Waals surface area contributed by atoms with E-state index in [4.69, 9.17) is 23.7 Å². The Bertz CT molecular complexity index is 1030. The van der Waals surface area contributed by atoms with Crippen molar-refractivity contribution >= 4 is 5.97 Å².